The van der Waals surface area contributed by atoms with E-state index >= 15 is 0 Å². The van der Waals surface area contributed by atoms with Crippen LogP contribution in [0.1, 0.15) is 138 Å². The average Bonchev–Trinajstić information content (AvgIpc) is 2.77. The van der Waals surface area contributed by atoms with Crippen molar-refractivity contribution in [1.82, 2.24) is 0 Å². The monoisotopic (exact) mass is 446 g/mol. The molecule has 0 aromatic heterocycles. The summed E-state index contributed by atoms with van der Waals surface area (Å²) in [4.78, 5) is 24.2. The van der Waals surface area contributed by atoms with E-state index in [-0.39, 0.29) is 17.2 Å². The van der Waals surface area contributed by atoms with Gasteiger partial charge >= 0.3 is 11.9 Å². The van der Waals surface area contributed by atoms with Crippen molar-refractivity contribution in [3.63, 3.8) is 0 Å². The molecule has 182 valence electrons. The highest BCUT2D eigenvalue weighted by molar-refractivity contribution is 6.02. The maximum Gasteiger partial charge on any atom is 0.339 e. The van der Waals surface area contributed by atoms with Crippen LogP contribution in [0, 0.1) is 5.92 Å². The van der Waals surface area contributed by atoms with Gasteiger partial charge in [-0.3, -0.25) is 0 Å². The van der Waals surface area contributed by atoms with Crippen LogP contribution in [-0.4, -0.2) is 23.1 Å². The first-order valence-electron chi connectivity index (χ1n) is 13.0. The fraction of sp³-hybridized carbons (Fsp3) is 0.714. The van der Waals surface area contributed by atoms with Gasteiger partial charge in [-0.05, 0) is 43.7 Å². The number of benzene rings is 1. The number of carboxylic acids is 1. The number of rotatable bonds is 19. The Morgan fingerprint density at radius 1 is 0.750 bits per heavy atom. The highest BCUT2D eigenvalue weighted by atomic mass is 16.5. The van der Waals surface area contributed by atoms with Crippen LogP contribution in [0.15, 0.2) is 24.3 Å². The van der Waals surface area contributed by atoms with Gasteiger partial charge in [-0.15, -0.1) is 0 Å². The number of ether oxygens (including phenoxy) is 1. The highest BCUT2D eigenvalue weighted by Gasteiger charge is 2.20. The van der Waals surface area contributed by atoms with Crippen molar-refractivity contribution < 1.29 is 19.4 Å². The second-order valence-electron chi connectivity index (χ2n) is 9.53. The molecule has 1 unspecified atom stereocenters. The van der Waals surface area contributed by atoms with E-state index in [9.17, 15) is 14.7 Å². The molecule has 0 spiro atoms. The summed E-state index contributed by atoms with van der Waals surface area (Å²) in [6.45, 7) is 6.75. The fourth-order valence-electron chi connectivity index (χ4n) is 4.11. The number of hydrogen-bond acceptors (Lipinski definition) is 3. The van der Waals surface area contributed by atoms with Crippen molar-refractivity contribution in [2.75, 3.05) is 0 Å². The van der Waals surface area contributed by atoms with Crippen LogP contribution < -0.4 is 0 Å². The summed E-state index contributed by atoms with van der Waals surface area (Å²) < 4.78 is 5.83. The summed E-state index contributed by atoms with van der Waals surface area (Å²) in [7, 11) is 0. The van der Waals surface area contributed by atoms with E-state index in [0.29, 0.717) is 0 Å². The van der Waals surface area contributed by atoms with Gasteiger partial charge in [-0.25, -0.2) is 9.59 Å². The SMILES string of the molecule is CCCCCCCCCCC(CCCCCCC(C)C)OC(=O)c1ccccc1C(=O)O. The van der Waals surface area contributed by atoms with E-state index in [0.717, 1.165) is 38.0 Å². The van der Waals surface area contributed by atoms with Gasteiger partial charge in [0.05, 0.1) is 11.1 Å². The maximum absolute atomic E-state index is 12.7. The van der Waals surface area contributed by atoms with Gasteiger partial charge in [0.15, 0.2) is 0 Å². The summed E-state index contributed by atoms with van der Waals surface area (Å²) in [6.07, 6.45) is 17.5. The summed E-state index contributed by atoms with van der Waals surface area (Å²) in [5.41, 5.74) is 0.162. The Labute approximate surface area is 196 Å². The minimum absolute atomic E-state index is 0.0111. The van der Waals surface area contributed by atoms with Gasteiger partial charge in [0.25, 0.3) is 0 Å². The molecule has 0 aliphatic rings. The Morgan fingerprint density at radius 3 is 1.72 bits per heavy atom. The number of carbonyl (C=O) groups is 2. The van der Waals surface area contributed by atoms with Crippen LogP contribution in [0.4, 0.5) is 0 Å². The lowest BCUT2D eigenvalue weighted by atomic mass is 10.00. The van der Waals surface area contributed by atoms with Gasteiger partial charge in [-0.1, -0.05) is 104 Å². The highest BCUT2D eigenvalue weighted by Crippen LogP contribution is 2.20. The fourth-order valence-corrected chi connectivity index (χ4v) is 4.11. The van der Waals surface area contributed by atoms with Gasteiger partial charge < -0.3 is 9.84 Å². The lowest BCUT2D eigenvalue weighted by molar-refractivity contribution is 0.0244. The van der Waals surface area contributed by atoms with E-state index in [1.54, 1.807) is 18.2 Å². The maximum atomic E-state index is 12.7. The zero-order valence-corrected chi connectivity index (χ0v) is 20.7. The van der Waals surface area contributed by atoms with E-state index < -0.39 is 11.9 Å². The van der Waals surface area contributed by atoms with Crippen molar-refractivity contribution in [3.8, 4) is 0 Å². The molecule has 1 atom stereocenters. The molecular formula is C28H46O4. The first kappa shape index (κ1) is 28.2. The number of carboxylic acid groups (broad SMARTS) is 1. The zero-order valence-electron chi connectivity index (χ0n) is 20.7. The second-order valence-corrected chi connectivity index (χ2v) is 9.53. The predicted molar refractivity (Wildman–Crippen MR) is 132 cm³/mol. The molecule has 4 nitrogen and oxygen atoms in total. The number of esters is 1. The minimum atomic E-state index is -1.10. The van der Waals surface area contributed by atoms with Crippen molar-refractivity contribution in [2.45, 2.75) is 123 Å². The number of aromatic carboxylic acids is 1. The molecule has 0 saturated carbocycles. The third kappa shape index (κ3) is 12.9. The number of unbranched alkanes of at least 4 members (excludes halogenated alkanes) is 10. The summed E-state index contributed by atoms with van der Waals surface area (Å²) >= 11 is 0. The van der Waals surface area contributed by atoms with Crippen molar-refractivity contribution in [3.05, 3.63) is 35.4 Å². The largest absolute Gasteiger partial charge is 0.478 e. The molecule has 4 heteroatoms. The minimum Gasteiger partial charge on any atom is -0.478 e. The molecule has 1 aromatic rings. The zero-order chi connectivity index (χ0) is 23.6. The molecular weight excluding hydrogens is 400 g/mol. The summed E-state index contributed by atoms with van der Waals surface area (Å²) in [5, 5.41) is 9.38. The normalized spacial score (nSPS) is 12.1. The van der Waals surface area contributed by atoms with Crippen LogP contribution >= 0.6 is 0 Å². The van der Waals surface area contributed by atoms with E-state index in [1.807, 2.05) is 0 Å². The predicted octanol–water partition coefficient (Wildman–Crippen LogP) is 8.44. The first-order chi connectivity index (χ1) is 15.5. The van der Waals surface area contributed by atoms with Crippen LogP contribution in [0.5, 0.6) is 0 Å². The molecule has 32 heavy (non-hydrogen) atoms. The Kier molecular flexibility index (Phi) is 15.6. The molecule has 0 amide bonds. The molecule has 1 aromatic carbocycles. The lowest BCUT2D eigenvalue weighted by Gasteiger charge is -2.19. The Balaban J connectivity index is 2.51. The molecule has 1 rings (SSSR count). The quantitative estimate of drug-likeness (QED) is 0.171. The van der Waals surface area contributed by atoms with Crippen LogP contribution in [0.25, 0.3) is 0 Å². The third-order valence-electron chi connectivity index (χ3n) is 6.09. The molecule has 0 bridgehead atoms. The molecule has 0 aliphatic heterocycles. The van der Waals surface area contributed by atoms with Gasteiger partial charge in [-0.2, -0.15) is 0 Å². The van der Waals surface area contributed by atoms with Crippen molar-refractivity contribution in [2.24, 2.45) is 5.92 Å². The van der Waals surface area contributed by atoms with Crippen molar-refractivity contribution >= 4 is 11.9 Å². The van der Waals surface area contributed by atoms with Crippen LogP contribution in [0.2, 0.25) is 0 Å². The molecule has 1 N–H and O–H groups in total. The van der Waals surface area contributed by atoms with E-state index in [4.69, 9.17) is 4.74 Å². The van der Waals surface area contributed by atoms with Gasteiger partial charge in [0, 0.05) is 0 Å². The van der Waals surface area contributed by atoms with Crippen molar-refractivity contribution in [1.29, 1.82) is 0 Å². The summed E-state index contributed by atoms with van der Waals surface area (Å²) in [5.74, 6) is -0.852. The Morgan fingerprint density at radius 2 is 1.22 bits per heavy atom. The van der Waals surface area contributed by atoms with Crippen LogP contribution in [0.3, 0.4) is 0 Å². The standard InChI is InChI=1S/C28H46O4/c1-4-5-6-7-8-9-10-14-19-24(20-15-12-11-13-18-23(2)3)32-28(31)26-22-17-16-21-25(26)27(29)30/h16-17,21-24H,4-15,18-20H2,1-3H3,(H,29,30). The number of carbonyl (C=O) groups excluding carboxylic acids is 1. The molecule has 0 radical (unpaired) electrons. The Bertz CT molecular complexity index is 638. The van der Waals surface area contributed by atoms with Crippen LogP contribution in [-0.2, 0) is 4.74 Å². The van der Waals surface area contributed by atoms with Gasteiger partial charge in [0.1, 0.15) is 6.10 Å². The Hall–Kier alpha value is -1.84. The molecule has 0 aliphatic carbocycles. The molecule has 0 heterocycles. The second kappa shape index (κ2) is 17.7. The first-order valence-corrected chi connectivity index (χ1v) is 13.0. The van der Waals surface area contributed by atoms with E-state index in [1.165, 1.54) is 70.3 Å². The van der Waals surface area contributed by atoms with E-state index in [2.05, 4.69) is 20.8 Å². The average molecular weight is 447 g/mol. The van der Waals surface area contributed by atoms with Gasteiger partial charge in [0.2, 0.25) is 0 Å². The molecule has 0 saturated heterocycles. The topological polar surface area (TPSA) is 63.6 Å². The number of hydrogen-bond donors (Lipinski definition) is 1. The smallest absolute Gasteiger partial charge is 0.339 e. The molecule has 0 fully saturated rings. The lowest BCUT2D eigenvalue weighted by Crippen LogP contribution is -2.20. The summed E-state index contributed by atoms with van der Waals surface area (Å²) in [6, 6.07) is 6.33. The third-order valence-corrected chi connectivity index (χ3v) is 6.09.